The average molecular weight is 282 g/mol. The fourth-order valence-corrected chi connectivity index (χ4v) is 1.83. The zero-order valence-electron chi connectivity index (χ0n) is 9.02. The Hall–Kier alpha value is -1.71. The third kappa shape index (κ3) is 2.75. The van der Waals surface area contributed by atoms with E-state index in [9.17, 15) is 9.90 Å². The van der Waals surface area contributed by atoms with Gasteiger partial charge in [0.15, 0.2) is 0 Å². The van der Waals surface area contributed by atoms with E-state index in [1.807, 2.05) is 0 Å². The lowest BCUT2D eigenvalue weighted by atomic mass is 10.2. The second-order valence-electron chi connectivity index (χ2n) is 3.46. The Balaban J connectivity index is 2.35. The normalized spacial score (nSPS) is 11.0. The number of carboxylic acids is 1. The van der Waals surface area contributed by atoms with Crippen LogP contribution in [0.2, 0.25) is 10.0 Å². The quantitative estimate of drug-likeness (QED) is 0.813. The molecular formula is C13H7Cl2O3-. The van der Waals surface area contributed by atoms with Gasteiger partial charge in [-0.15, -0.1) is 0 Å². The molecule has 0 aliphatic heterocycles. The highest BCUT2D eigenvalue weighted by atomic mass is 35.5. The van der Waals surface area contributed by atoms with Gasteiger partial charge in [0.2, 0.25) is 0 Å². The molecule has 0 aliphatic carbocycles. The topological polar surface area (TPSA) is 53.3 Å². The number of furan rings is 1. The van der Waals surface area contributed by atoms with Crippen LogP contribution in [0.5, 0.6) is 0 Å². The third-order valence-corrected chi connectivity index (χ3v) is 3.05. The SMILES string of the molecule is O=C([O-])C=Cc1ccc(-c2cccc(Cl)c2Cl)o1. The molecule has 0 bridgehead atoms. The number of rotatable bonds is 3. The second kappa shape index (κ2) is 5.29. The number of carboxylic acid groups (broad SMARTS) is 1. The van der Waals surface area contributed by atoms with Crippen LogP contribution in [0.3, 0.4) is 0 Å². The summed E-state index contributed by atoms with van der Waals surface area (Å²) in [5, 5.41) is 11.1. The number of carbonyl (C=O) groups excluding carboxylic acids is 1. The number of hydrogen-bond donors (Lipinski definition) is 0. The number of carbonyl (C=O) groups is 1. The number of halogens is 2. The summed E-state index contributed by atoms with van der Waals surface area (Å²) >= 11 is 12.0. The van der Waals surface area contributed by atoms with Gasteiger partial charge in [0.05, 0.1) is 16.0 Å². The lowest BCUT2D eigenvalue weighted by molar-refractivity contribution is -0.297. The van der Waals surface area contributed by atoms with Crippen molar-refractivity contribution in [2.45, 2.75) is 0 Å². The van der Waals surface area contributed by atoms with Gasteiger partial charge in [0.1, 0.15) is 11.5 Å². The molecule has 0 spiro atoms. The summed E-state index contributed by atoms with van der Waals surface area (Å²) in [6.45, 7) is 0. The fourth-order valence-electron chi connectivity index (χ4n) is 1.43. The zero-order valence-corrected chi connectivity index (χ0v) is 10.5. The lowest BCUT2D eigenvalue weighted by Crippen LogP contribution is -2.18. The average Bonchev–Trinajstić information content (AvgIpc) is 2.78. The van der Waals surface area contributed by atoms with Crippen molar-refractivity contribution in [3.05, 3.63) is 52.2 Å². The standard InChI is InChI=1S/C13H8Cl2O3/c14-10-3-1-2-9(13(10)15)11-6-4-8(18-11)5-7-12(16)17/h1-7H,(H,16,17)/p-1. The van der Waals surface area contributed by atoms with Crippen LogP contribution < -0.4 is 5.11 Å². The van der Waals surface area contributed by atoms with Crippen molar-refractivity contribution in [3.63, 3.8) is 0 Å². The summed E-state index contributed by atoms with van der Waals surface area (Å²) < 4.78 is 5.43. The maximum absolute atomic E-state index is 10.3. The first-order valence-corrected chi connectivity index (χ1v) is 5.77. The van der Waals surface area contributed by atoms with Crippen LogP contribution in [-0.4, -0.2) is 5.97 Å². The molecule has 18 heavy (non-hydrogen) atoms. The Kier molecular flexibility index (Phi) is 3.75. The maximum Gasteiger partial charge on any atom is 0.136 e. The van der Waals surface area contributed by atoms with Crippen molar-refractivity contribution in [1.29, 1.82) is 0 Å². The molecule has 1 aromatic heterocycles. The van der Waals surface area contributed by atoms with E-state index in [1.54, 1.807) is 30.3 Å². The van der Waals surface area contributed by atoms with Crippen molar-refractivity contribution < 1.29 is 14.3 Å². The van der Waals surface area contributed by atoms with Gasteiger partial charge in [-0.25, -0.2) is 0 Å². The first-order valence-electron chi connectivity index (χ1n) is 5.01. The van der Waals surface area contributed by atoms with E-state index < -0.39 is 5.97 Å². The summed E-state index contributed by atoms with van der Waals surface area (Å²) in [6, 6.07) is 8.51. The number of benzene rings is 1. The molecule has 5 heteroatoms. The summed E-state index contributed by atoms with van der Waals surface area (Å²) in [5.74, 6) is -0.375. The van der Waals surface area contributed by atoms with E-state index in [0.29, 0.717) is 27.1 Å². The Labute approximate surface area is 113 Å². The van der Waals surface area contributed by atoms with Crippen LogP contribution in [0.25, 0.3) is 17.4 Å². The molecule has 0 amide bonds. The first-order chi connectivity index (χ1) is 8.58. The minimum absolute atomic E-state index is 0.393. The van der Waals surface area contributed by atoms with Gasteiger partial charge < -0.3 is 14.3 Å². The molecule has 1 aromatic carbocycles. The van der Waals surface area contributed by atoms with Gasteiger partial charge in [0.25, 0.3) is 0 Å². The lowest BCUT2D eigenvalue weighted by Gasteiger charge is -2.01. The van der Waals surface area contributed by atoms with E-state index in [-0.39, 0.29) is 0 Å². The van der Waals surface area contributed by atoms with E-state index in [0.717, 1.165) is 6.08 Å². The van der Waals surface area contributed by atoms with Gasteiger partial charge in [-0.2, -0.15) is 0 Å². The van der Waals surface area contributed by atoms with Crippen LogP contribution in [0.15, 0.2) is 40.8 Å². The molecule has 0 unspecified atom stereocenters. The van der Waals surface area contributed by atoms with Crippen molar-refractivity contribution in [2.75, 3.05) is 0 Å². The summed E-state index contributed by atoms with van der Waals surface area (Å²) in [7, 11) is 0. The fraction of sp³-hybridized carbons (Fsp3) is 0. The Morgan fingerprint density at radius 3 is 2.72 bits per heavy atom. The molecule has 0 N–H and O–H groups in total. The molecule has 1 heterocycles. The molecule has 92 valence electrons. The minimum Gasteiger partial charge on any atom is -0.545 e. The van der Waals surface area contributed by atoms with Crippen molar-refractivity contribution >= 4 is 35.2 Å². The van der Waals surface area contributed by atoms with Gasteiger partial charge in [-0.1, -0.05) is 29.3 Å². The smallest absolute Gasteiger partial charge is 0.136 e. The number of hydrogen-bond acceptors (Lipinski definition) is 3. The van der Waals surface area contributed by atoms with Crippen LogP contribution in [-0.2, 0) is 4.79 Å². The minimum atomic E-state index is -1.28. The molecule has 0 fully saturated rings. The van der Waals surface area contributed by atoms with E-state index in [4.69, 9.17) is 27.6 Å². The molecule has 2 aromatic rings. The molecule has 0 aliphatic rings. The van der Waals surface area contributed by atoms with Crippen LogP contribution in [0.4, 0.5) is 0 Å². The van der Waals surface area contributed by atoms with Crippen molar-refractivity contribution in [3.8, 4) is 11.3 Å². The zero-order chi connectivity index (χ0) is 13.1. The van der Waals surface area contributed by atoms with Gasteiger partial charge in [-0.05, 0) is 36.4 Å². The van der Waals surface area contributed by atoms with Crippen LogP contribution in [0, 0.1) is 0 Å². The van der Waals surface area contributed by atoms with Gasteiger partial charge >= 0.3 is 0 Å². The summed E-state index contributed by atoms with van der Waals surface area (Å²) in [6.07, 6.45) is 2.19. The molecule has 0 radical (unpaired) electrons. The Morgan fingerprint density at radius 1 is 1.22 bits per heavy atom. The third-order valence-electron chi connectivity index (χ3n) is 2.23. The number of aliphatic carboxylic acids is 1. The summed E-state index contributed by atoms with van der Waals surface area (Å²) in [5.41, 5.74) is 0.650. The predicted molar refractivity (Wildman–Crippen MR) is 68.2 cm³/mol. The van der Waals surface area contributed by atoms with Gasteiger partial charge in [0, 0.05) is 5.56 Å². The van der Waals surface area contributed by atoms with Crippen LogP contribution >= 0.6 is 23.2 Å². The Morgan fingerprint density at radius 2 is 2.00 bits per heavy atom. The maximum atomic E-state index is 10.3. The van der Waals surface area contributed by atoms with Crippen LogP contribution in [0.1, 0.15) is 5.76 Å². The van der Waals surface area contributed by atoms with Gasteiger partial charge in [-0.3, -0.25) is 0 Å². The molecule has 0 saturated carbocycles. The van der Waals surface area contributed by atoms with E-state index in [1.165, 1.54) is 6.08 Å². The molecule has 0 atom stereocenters. The highest BCUT2D eigenvalue weighted by molar-refractivity contribution is 6.43. The second-order valence-corrected chi connectivity index (χ2v) is 4.24. The monoisotopic (exact) mass is 281 g/mol. The molecular weight excluding hydrogens is 275 g/mol. The largest absolute Gasteiger partial charge is 0.545 e. The highest BCUT2D eigenvalue weighted by Gasteiger charge is 2.09. The van der Waals surface area contributed by atoms with Crippen molar-refractivity contribution in [2.24, 2.45) is 0 Å². The molecule has 3 nitrogen and oxygen atoms in total. The first kappa shape index (κ1) is 12.7. The highest BCUT2D eigenvalue weighted by Crippen LogP contribution is 2.34. The molecule has 2 rings (SSSR count). The van der Waals surface area contributed by atoms with E-state index in [2.05, 4.69) is 0 Å². The Bertz CT molecular complexity index is 614. The summed E-state index contributed by atoms with van der Waals surface area (Å²) in [4.78, 5) is 10.3. The predicted octanol–water partition coefficient (Wildman–Crippen LogP) is 3.02. The van der Waals surface area contributed by atoms with Crippen molar-refractivity contribution in [1.82, 2.24) is 0 Å². The van der Waals surface area contributed by atoms with E-state index >= 15 is 0 Å². The molecule has 0 saturated heterocycles.